The monoisotopic (exact) mass is 429 g/mol. The van der Waals surface area contributed by atoms with Gasteiger partial charge in [0.2, 0.25) is 5.91 Å². The molecule has 2 aromatic heterocycles. The Kier molecular flexibility index (Phi) is 6.57. The lowest BCUT2D eigenvalue weighted by atomic mass is 10.1. The first-order chi connectivity index (χ1) is 14.3. The van der Waals surface area contributed by atoms with Gasteiger partial charge in [0.1, 0.15) is 0 Å². The smallest absolute Gasteiger partial charge is 0.226 e. The number of halogens is 2. The van der Waals surface area contributed by atoms with Gasteiger partial charge in [-0.3, -0.25) is 9.48 Å². The van der Waals surface area contributed by atoms with Crippen molar-refractivity contribution in [1.82, 2.24) is 14.8 Å². The Hall–Kier alpha value is -3.12. The topological polar surface area (TPSA) is 83.6 Å². The van der Waals surface area contributed by atoms with Crippen LogP contribution in [0.2, 0.25) is 0 Å². The summed E-state index contributed by atoms with van der Waals surface area (Å²) < 4.78 is 28.5. The van der Waals surface area contributed by atoms with Crippen LogP contribution >= 0.6 is 11.3 Å². The Morgan fingerprint density at radius 3 is 2.73 bits per heavy atom. The first-order valence-electron chi connectivity index (χ1n) is 9.42. The number of aryl methyl sites for hydroxylation is 3. The van der Waals surface area contributed by atoms with Crippen LogP contribution in [0, 0.1) is 43.7 Å². The molecule has 0 unspecified atom stereocenters. The molecule has 0 aliphatic heterocycles. The zero-order chi connectivity index (χ0) is 21.8. The standard InChI is InChI=1S/C21H21F2N5OS/c1-12-16(13(2)28(27-12)10-4-9-24)6-8-19(29)25-21-26-20(14(3)30-21)15-5-7-17(22)18(23)11-15/h5,7,11H,4,6,8,10H2,1-3H3,(H,25,26,29). The minimum atomic E-state index is -0.938. The Morgan fingerprint density at radius 1 is 1.27 bits per heavy atom. The third kappa shape index (κ3) is 4.71. The second-order valence-corrected chi connectivity index (χ2v) is 8.08. The Balaban J connectivity index is 1.66. The Bertz CT molecular complexity index is 1130. The van der Waals surface area contributed by atoms with Crippen LogP contribution in [0.3, 0.4) is 0 Å². The van der Waals surface area contributed by atoms with Crippen molar-refractivity contribution in [2.45, 2.75) is 46.6 Å². The molecule has 2 heterocycles. The molecular formula is C21H21F2N5OS. The van der Waals surface area contributed by atoms with E-state index in [2.05, 4.69) is 21.5 Å². The van der Waals surface area contributed by atoms with Crippen LogP contribution in [0.15, 0.2) is 18.2 Å². The van der Waals surface area contributed by atoms with E-state index in [-0.39, 0.29) is 12.3 Å². The molecule has 0 bridgehead atoms. The van der Waals surface area contributed by atoms with Gasteiger partial charge in [-0.2, -0.15) is 10.4 Å². The lowest BCUT2D eigenvalue weighted by Crippen LogP contribution is -2.12. The SMILES string of the molecule is Cc1nn(CCC#N)c(C)c1CCC(=O)Nc1nc(-c2ccc(F)c(F)c2)c(C)s1. The summed E-state index contributed by atoms with van der Waals surface area (Å²) in [6, 6.07) is 5.72. The number of carbonyl (C=O) groups is 1. The first-order valence-corrected chi connectivity index (χ1v) is 10.2. The molecule has 3 aromatic rings. The predicted molar refractivity (Wildman–Crippen MR) is 111 cm³/mol. The summed E-state index contributed by atoms with van der Waals surface area (Å²) >= 11 is 1.28. The maximum atomic E-state index is 13.5. The molecular weight excluding hydrogens is 408 g/mol. The fourth-order valence-corrected chi connectivity index (χ4v) is 4.10. The molecule has 3 rings (SSSR count). The predicted octanol–water partition coefficient (Wildman–Crippen LogP) is 4.70. The fourth-order valence-electron chi connectivity index (χ4n) is 3.25. The number of hydrogen-bond acceptors (Lipinski definition) is 5. The molecule has 0 spiro atoms. The second-order valence-electron chi connectivity index (χ2n) is 6.88. The summed E-state index contributed by atoms with van der Waals surface area (Å²) in [5.74, 6) is -2.04. The first kappa shape index (κ1) is 21.6. The number of thiazole rings is 1. The summed E-state index contributed by atoms with van der Waals surface area (Å²) in [6.07, 6.45) is 1.16. The van der Waals surface area contributed by atoms with Crippen molar-refractivity contribution < 1.29 is 13.6 Å². The van der Waals surface area contributed by atoms with Gasteiger partial charge in [0.05, 0.1) is 30.4 Å². The van der Waals surface area contributed by atoms with Crippen LogP contribution in [0.25, 0.3) is 11.3 Å². The highest BCUT2D eigenvalue weighted by Gasteiger charge is 2.16. The average molecular weight is 429 g/mol. The number of rotatable bonds is 7. The summed E-state index contributed by atoms with van der Waals surface area (Å²) in [5.41, 5.74) is 3.78. The van der Waals surface area contributed by atoms with Crippen LogP contribution in [-0.2, 0) is 17.8 Å². The minimum Gasteiger partial charge on any atom is -0.302 e. The summed E-state index contributed by atoms with van der Waals surface area (Å²) in [4.78, 5) is 17.6. The normalized spacial score (nSPS) is 10.8. The highest BCUT2D eigenvalue weighted by molar-refractivity contribution is 7.16. The van der Waals surface area contributed by atoms with Gasteiger partial charge in [0.25, 0.3) is 0 Å². The maximum Gasteiger partial charge on any atom is 0.226 e. The molecule has 156 valence electrons. The van der Waals surface area contributed by atoms with Crippen molar-refractivity contribution in [3.8, 4) is 17.3 Å². The van der Waals surface area contributed by atoms with E-state index >= 15 is 0 Å². The average Bonchev–Trinajstić information content (AvgIpc) is 3.19. The van der Waals surface area contributed by atoms with Gasteiger partial charge in [-0.25, -0.2) is 13.8 Å². The second kappa shape index (κ2) is 9.13. The van der Waals surface area contributed by atoms with Gasteiger partial charge in [-0.05, 0) is 51.0 Å². The van der Waals surface area contributed by atoms with E-state index in [0.29, 0.717) is 35.8 Å². The Labute approximate surface area is 177 Å². The molecule has 0 radical (unpaired) electrons. The van der Waals surface area contributed by atoms with Crippen LogP contribution in [0.5, 0.6) is 0 Å². The molecule has 0 saturated carbocycles. The minimum absolute atomic E-state index is 0.191. The van der Waals surface area contributed by atoms with Crippen LogP contribution in [-0.4, -0.2) is 20.7 Å². The van der Waals surface area contributed by atoms with Gasteiger partial charge in [-0.15, -0.1) is 11.3 Å². The summed E-state index contributed by atoms with van der Waals surface area (Å²) in [5, 5.41) is 16.4. The van der Waals surface area contributed by atoms with E-state index in [9.17, 15) is 13.6 Å². The lowest BCUT2D eigenvalue weighted by molar-refractivity contribution is -0.116. The fraction of sp³-hybridized carbons (Fsp3) is 0.333. The number of anilines is 1. The van der Waals surface area contributed by atoms with Gasteiger partial charge in [0, 0.05) is 22.6 Å². The highest BCUT2D eigenvalue weighted by Crippen LogP contribution is 2.31. The molecule has 0 fully saturated rings. The maximum absolute atomic E-state index is 13.5. The number of carbonyl (C=O) groups excluding carboxylic acids is 1. The zero-order valence-electron chi connectivity index (χ0n) is 16.9. The van der Waals surface area contributed by atoms with Crippen molar-refractivity contribution in [2.75, 3.05) is 5.32 Å². The van der Waals surface area contributed by atoms with Crippen molar-refractivity contribution in [3.63, 3.8) is 0 Å². The van der Waals surface area contributed by atoms with Crippen molar-refractivity contribution in [2.24, 2.45) is 0 Å². The third-order valence-corrected chi connectivity index (χ3v) is 5.69. The van der Waals surface area contributed by atoms with E-state index in [4.69, 9.17) is 5.26 Å². The molecule has 1 aromatic carbocycles. The number of benzene rings is 1. The van der Waals surface area contributed by atoms with Crippen molar-refractivity contribution >= 4 is 22.4 Å². The molecule has 30 heavy (non-hydrogen) atoms. The van der Waals surface area contributed by atoms with Gasteiger partial charge < -0.3 is 5.32 Å². The zero-order valence-corrected chi connectivity index (χ0v) is 17.7. The molecule has 9 heteroatoms. The molecule has 0 aliphatic carbocycles. The summed E-state index contributed by atoms with van der Waals surface area (Å²) in [6.45, 7) is 6.16. The van der Waals surface area contributed by atoms with Gasteiger partial charge in [0.15, 0.2) is 16.8 Å². The molecule has 1 N–H and O–H groups in total. The van der Waals surface area contributed by atoms with Crippen molar-refractivity contribution in [3.05, 3.63) is 51.7 Å². The number of aromatic nitrogens is 3. The van der Waals surface area contributed by atoms with Gasteiger partial charge in [-0.1, -0.05) is 0 Å². The van der Waals surface area contributed by atoms with Gasteiger partial charge >= 0.3 is 0 Å². The number of nitrogens with one attached hydrogen (secondary N) is 1. The Morgan fingerprint density at radius 2 is 2.03 bits per heavy atom. The van der Waals surface area contributed by atoms with Crippen molar-refractivity contribution in [1.29, 1.82) is 5.26 Å². The molecule has 0 saturated heterocycles. The van der Waals surface area contributed by atoms with Crippen LogP contribution in [0.1, 0.15) is 34.7 Å². The van der Waals surface area contributed by atoms with E-state index in [1.165, 1.54) is 17.4 Å². The van der Waals surface area contributed by atoms with E-state index in [1.807, 2.05) is 20.8 Å². The molecule has 6 nitrogen and oxygen atoms in total. The quantitative estimate of drug-likeness (QED) is 0.590. The largest absolute Gasteiger partial charge is 0.302 e. The highest BCUT2D eigenvalue weighted by atomic mass is 32.1. The number of hydrogen-bond donors (Lipinski definition) is 1. The van der Waals surface area contributed by atoms with E-state index in [1.54, 1.807) is 4.68 Å². The lowest BCUT2D eigenvalue weighted by Gasteiger charge is -2.04. The number of nitrogens with zero attached hydrogens (tertiary/aromatic N) is 4. The molecule has 0 atom stereocenters. The number of nitriles is 1. The van der Waals surface area contributed by atoms with Crippen LogP contribution in [0.4, 0.5) is 13.9 Å². The summed E-state index contributed by atoms with van der Waals surface area (Å²) in [7, 11) is 0. The van der Waals surface area contributed by atoms with Crippen LogP contribution < -0.4 is 5.32 Å². The number of amides is 1. The van der Waals surface area contributed by atoms with E-state index < -0.39 is 11.6 Å². The molecule has 0 aliphatic rings. The third-order valence-electron chi connectivity index (χ3n) is 4.80. The molecule has 1 amide bonds. The van der Waals surface area contributed by atoms with E-state index in [0.717, 1.165) is 34.0 Å².